The number of anilines is 1. The number of hydrogen-bond donors (Lipinski definition) is 3. The van der Waals surface area contributed by atoms with Gasteiger partial charge >= 0.3 is 5.97 Å². The minimum atomic E-state index is -0.923. The summed E-state index contributed by atoms with van der Waals surface area (Å²) in [5.41, 5.74) is 1.56. The van der Waals surface area contributed by atoms with Crippen LogP contribution in [0.25, 0.3) is 0 Å². The molecule has 3 rings (SSSR count). The highest BCUT2D eigenvalue weighted by molar-refractivity contribution is 7.17. The van der Waals surface area contributed by atoms with Crippen LogP contribution >= 0.6 is 11.3 Å². The molecule has 0 aromatic carbocycles. The second-order valence-corrected chi connectivity index (χ2v) is 8.39. The largest absolute Gasteiger partial charge is 0.481 e. The smallest absolute Gasteiger partial charge is 0.303 e. The van der Waals surface area contributed by atoms with Crippen molar-refractivity contribution in [3.8, 4) is 0 Å². The van der Waals surface area contributed by atoms with Crippen molar-refractivity contribution >= 4 is 34.1 Å². The molecule has 0 saturated carbocycles. The molecule has 2 aromatic heterocycles. The summed E-state index contributed by atoms with van der Waals surface area (Å²) in [4.78, 5) is 37.1. The Morgan fingerprint density at radius 3 is 2.83 bits per heavy atom. The van der Waals surface area contributed by atoms with Crippen LogP contribution in [0.15, 0.2) is 22.8 Å². The molecule has 0 bridgehead atoms. The lowest BCUT2D eigenvalue weighted by atomic mass is 9.85. The zero-order chi connectivity index (χ0) is 20.8. The van der Waals surface area contributed by atoms with E-state index >= 15 is 0 Å². The summed E-state index contributed by atoms with van der Waals surface area (Å²) in [5.74, 6) is -0.160. The molecule has 7 nitrogen and oxygen atoms in total. The molecule has 0 spiro atoms. The maximum absolute atomic E-state index is 13.0. The number of furan rings is 1. The number of carbonyl (C=O) groups is 3. The Hall–Kier alpha value is -2.61. The molecule has 0 unspecified atom stereocenters. The van der Waals surface area contributed by atoms with Gasteiger partial charge in [-0.1, -0.05) is 13.3 Å². The molecular formula is C21H26N2O5S. The average molecular weight is 419 g/mol. The van der Waals surface area contributed by atoms with Gasteiger partial charge in [0.15, 0.2) is 0 Å². The number of fused-ring (bicyclic) bond motifs is 1. The standard InChI is InChI=1S/C21H26N2O5S/c1-2-13-8-9-15-16(11-13)29-21(23-17(24)6-3-7-18(25)26)19(15)20(27)22-12-14-5-4-10-28-14/h4-5,10,13H,2-3,6-9,11-12H2,1H3,(H,22,27)(H,23,24)(H,25,26)/t13-/m0/s1. The van der Waals surface area contributed by atoms with Crippen molar-refractivity contribution in [2.75, 3.05) is 5.32 Å². The number of carbonyl (C=O) groups excluding carboxylic acids is 2. The Bertz CT molecular complexity index is 872. The number of carboxylic acids is 1. The molecule has 0 fully saturated rings. The number of aliphatic carboxylic acids is 1. The molecule has 2 heterocycles. The summed E-state index contributed by atoms with van der Waals surface area (Å²) in [6.45, 7) is 2.45. The summed E-state index contributed by atoms with van der Waals surface area (Å²) in [6, 6.07) is 3.56. The predicted molar refractivity (Wildman–Crippen MR) is 110 cm³/mol. The normalized spacial score (nSPS) is 15.6. The molecule has 1 atom stereocenters. The van der Waals surface area contributed by atoms with E-state index in [0.29, 0.717) is 22.2 Å². The lowest BCUT2D eigenvalue weighted by molar-refractivity contribution is -0.137. The topological polar surface area (TPSA) is 109 Å². The Kier molecular flexibility index (Phi) is 7.09. The number of amides is 2. The van der Waals surface area contributed by atoms with Crippen LogP contribution in [0.3, 0.4) is 0 Å². The van der Waals surface area contributed by atoms with Gasteiger partial charge in [-0.25, -0.2) is 0 Å². The van der Waals surface area contributed by atoms with Gasteiger partial charge in [0.1, 0.15) is 10.8 Å². The first-order valence-electron chi connectivity index (χ1n) is 9.94. The first-order chi connectivity index (χ1) is 14.0. The fourth-order valence-corrected chi connectivity index (χ4v) is 4.96. The Balaban J connectivity index is 1.76. The molecular weight excluding hydrogens is 392 g/mol. The van der Waals surface area contributed by atoms with E-state index in [2.05, 4.69) is 17.6 Å². The zero-order valence-electron chi connectivity index (χ0n) is 16.5. The van der Waals surface area contributed by atoms with Crippen LogP contribution in [0.1, 0.15) is 65.6 Å². The number of nitrogens with one attached hydrogen (secondary N) is 2. The van der Waals surface area contributed by atoms with Crippen molar-refractivity contribution in [2.45, 2.75) is 58.4 Å². The molecule has 0 saturated heterocycles. The lowest BCUT2D eigenvalue weighted by Crippen LogP contribution is -2.25. The molecule has 8 heteroatoms. The highest BCUT2D eigenvalue weighted by Gasteiger charge is 2.29. The van der Waals surface area contributed by atoms with Crippen LogP contribution in [0, 0.1) is 5.92 Å². The quantitative estimate of drug-likeness (QED) is 0.571. The average Bonchev–Trinajstić information content (AvgIpc) is 3.32. The van der Waals surface area contributed by atoms with Crippen molar-refractivity contribution in [3.05, 3.63) is 40.2 Å². The third kappa shape index (κ3) is 5.47. The van der Waals surface area contributed by atoms with Gasteiger partial charge in [-0.15, -0.1) is 11.3 Å². The fraction of sp³-hybridized carbons (Fsp3) is 0.476. The molecule has 3 N–H and O–H groups in total. The number of thiophene rings is 1. The van der Waals surface area contributed by atoms with Crippen LogP contribution in [-0.4, -0.2) is 22.9 Å². The molecule has 0 radical (unpaired) electrons. The Labute approximate surface area is 173 Å². The second-order valence-electron chi connectivity index (χ2n) is 7.28. The van der Waals surface area contributed by atoms with E-state index in [9.17, 15) is 14.4 Å². The summed E-state index contributed by atoms with van der Waals surface area (Å²) in [7, 11) is 0. The van der Waals surface area contributed by atoms with E-state index in [4.69, 9.17) is 9.52 Å². The molecule has 2 amide bonds. The van der Waals surface area contributed by atoms with E-state index in [-0.39, 0.29) is 37.6 Å². The van der Waals surface area contributed by atoms with E-state index < -0.39 is 5.97 Å². The minimum Gasteiger partial charge on any atom is -0.481 e. The molecule has 2 aromatic rings. The highest BCUT2D eigenvalue weighted by atomic mass is 32.1. The van der Waals surface area contributed by atoms with Crippen molar-refractivity contribution in [3.63, 3.8) is 0 Å². The van der Waals surface area contributed by atoms with Gasteiger partial charge in [0.2, 0.25) is 5.91 Å². The molecule has 156 valence electrons. The van der Waals surface area contributed by atoms with Crippen LogP contribution in [0.4, 0.5) is 5.00 Å². The van der Waals surface area contributed by atoms with Crippen molar-refractivity contribution < 1.29 is 23.9 Å². The molecule has 0 aliphatic heterocycles. The van der Waals surface area contributed by atoms with Gasteiger partial charge in [-0.2, -0.15) is 0 Å². The van der Waals surface area contributed by atoms with Gasteiger partial charge in [-0.05, 0) is 49.3 Å². The van der Waals surface area contributed by atoms with Gasteiger partial charge in [-0.3, -0.25) is 14.4 Å². The highest BCUT2D eigenvalue weighted by Crippen LogP contribution is 2.40. The van der Waals surface area contributed by atoms with Gasteiger partial charge < -0.3 is 20.2 Å². The van der Waals surface area contributed by atoms with E-state index in [0.717, 1.165) is 36.1 Å². The Morgan fingerprint density at radius 1 is 1.31 bits per heavy atom. The second kappa shape index (κ2) is 9.73. The third-order valence-corrected chi connectivity index (χ3v) is 6.39. The first kappa shape index (κ1) is 21.1. The van der Waals surface area contributed by atoms with Crippen molar-refractivity contribution in [1.29, 1.82) is 0 Å². The summed E-state index contributed by atoms with van der Waals surface area (Å²) in [6.07, 6.45) is 5.75. The molecule has 29 heavy (non-hydrogen) atoms. The summed E-state index contributed by atoms with van der Waals surface area (Å²) < 4.78 is 5.27. The molecule has 1 aliphatic rings. The number of hydrogen-bond acceptors (Lipinski definition) is 5. The van der Waals surface area contributed by atoms with E-state index in [1.807, 2.05) is 0 Å². The lowest BCUT2D eigenvalue weighted by Gasteiger charge is -2.21. The maximum Gasteiger partial charge on any atom is 0.303 e. The predicted octanol–water partition coefficient (Wildman–Crippen LogP) is 3.98. The van der Waals surface area contributed by atoms with Crippen LogP contribution in [0.2, 0.25) is 0 Å². The first-order valence-corrected chi connectivity index (χ1v) is 10.8. The zero-order valence-corrected chi connectivity index (χ0v) is 17.3. The van der Waals surface area contributed by atoms with Crippen LogP contribution in [-0.2, 0) is 29.0 Å². The van der Waals surface area contributed by atoms with Gasteiger partial charge in [0.05, 0.1) is 18.4 Å². The fourth-order valence-electron chi connectivity index (χ4n) is 3.59. The van der Waals surface area contributed by atoms with Crippen LogP contribution in [0.5, 0.6) is 0 Å². The van der Waals surface area contributed by atoms with Gasteiger partial charge in [0.25, 0.3) is 5.91 Å². The summed E-state index contributed by atoms with van der Waals surface area (Å²) in [5, 5.41) is 15.0. The minimum absolute atomic E-state index is 0.0525. The SMILES string of the molecule is CC[C@H]1CCc2c(sc(NC(=O)CCCC(=O)O)c2C(=O)NCc2ccco2)C1. The maximum atomic E-state index is 13.0. The monoisotopic (exact) mass is 418 g/mol. The number of carboxylic acid groups (broad SMARTS) is 1. The summed E-state index contributed by atoms with van der Waals surface area (Å²) >= 11 is 1.47. The van der Waals surface area contributed by atoms with Crippen molar-refractivity contribution in [1.82, 2.24) is 5.32 Å². The van der Waals surface area contributed by atoms with Crippen molar-refractivity contribution in [2.24, 2.45) is 5.92 Å². The van der Waals surface area contributed by atoms with Gasteiger partial charge in [0, 0.05) is 17.7 Å². The molecule has 1 aliphatic carbocycles. The number of rotatable bonds is 9. The van der Waals surface area contributed by atoms with E-state index in [1.165, 1.54) is 11.3 Å². The van der Waals surface area contributed by atoms with E-state index in [1.54, 1.807) is 18.4 Å². The third-order valence-electron chi connectivity index (χ3n) is 5.22. The van der Waals surface area contributed by atoms with Crippen LogP contribution < -0.4 is 10.6 Å². The Morgan fingerprint density at radius 2 is 2.14 bits per heavy atom.